The van der Waals surface area contributed by atoms with Crippen molar-refractivity contribution in [3.8, 4) is 0 Å². The molecule has 10 heteroatoms. The van der Waals surface area contributed by atoms with Crippen molar-refractivity contribution in [2.24, 2.45) is 11.8 Å². The molecule has 0 atom stereocenters. The number of halogens is 1. The molecule has 2 spiro atoms. The number of aliphatic hydroxyl groups is 1. The standard InChI is InChI=1S/C19H25NO4S.C18H23NO2.C2H5Cl/c1-12-7-9-19(10-8-12)17(24-25(4,22)23)16(18(21)20-19)15-11-13(2)5-6-14(15)3;1-11-6-8-18(9-7-11)16(20)15(17(21)19-18)14-10-12(2)4-5-13(14)3;1-2-3/h5-6,11-12H,7-10H2,1-4H3,(H,20,21);4-5,10-11,20H,6-9H2,1-3H3,(H,19,21);2H2,1H3. The summed E-state index contributed by atoms with van der Waals surface area (Å²) < 4.78 is 29.3. The molecule has 2 aliphatic carbocycles. The van der Waals surface area contributed by atoms with E-state index in [0.717, 1.165) is 84.0 Å². The van der Waals surface area contributed by atoms with Crippen molar-refractivity contribution in [1.29, 1.82) is 0 Å². The van der Waals surface area contributed by atoms with E-state index in [4.69, 9.17) is 15.8 Å². The van der Waals surface area contributed by atoms with Crippen LogP contribution in [0.3, 0.4) is 0 Å². The Kier molecular flexibility index (Phi) is 12.0. The first-order valence-electron chi connectivity index (χ1n) is 17.4. The molecule has 0 aromatic heterocycles. The van der Waals surface area contributed by atoms with Crippen molar-refractivity contribution in [3.63, 3.8) is 0 Å². The van der Waals surface area contributed by atoms with Crippen LogP contribution in [0, 0.1) is 39.5 Å². The summed E-state index contributed by atoms with van der Waals surface area (Å²) in [5.41, 5.74) is 5.27. The summed E-state index contributed by atoms with van der Waals surface area (Å²) in [5.74, 6) is 2.11. The molecule has 4 aliphatic rings. The van der Waals surface area contributed by atoms with Gasteiger partial charge < -0.3 is 19.9 Å². The second kappa shape index (κ2) is 15.3. The number of hydrogen-bond donors (Lipinski definition) is 3. The van der Waals surface area contributed by atoms with Crippen LogP contribution >= 0.6 is 11.6 Å². The summed E-state index contributed by atoms with van der Waals surface area (Å²) in [6.07, 6.45) is 8.03. The van der Waals surface area contributed by atoms with Gasteiger partial charge in [0.1, 0.15) is 11.3 Å². The summed E-state index contributed by atoms with van der Waals surface area (Å²) >= 11 is 5.00. The molecule has 2 aromatic carbocycles. The maximum absolute atomic E-state index is 12.8. The maximum Gasteiger partial charge on any atom is 0.306 e. The molecule has 6 rings (SSSR count). The lowest BCUT2D eigenvalue weighted by molar-refractivity contribution is -0.117. The van der Waals surface area contributed by atoms with Crippen LogP contribution in [0.15, 0.2) is 47.9 Å². The van der Waals surface area contributed by atoms with Crippen LogP contribution in [-0.4, -0.2) is 48.6 Å². The van der Waals surface area contributed by atoms with Crippen molar-refractivity contribution >= 4 is 44.7 Å². The van der Waals surface area contributed by atoms with Gasteiger partial charge in [0, 0.05) is 5.88 Å². The van der Waals surface area contributed by atoms with Gasteiger partial charge in [0.05, 0.1) is 22.9 Å². The zero-order valence-electron chi connectivity index (χ0n) is 30.3. The van der Waals surface area contributed by atoms with E-state index in [1.54, 1.807) is 0 Å². The first kappa shape index (κ1) is 38.5. The Labute approximate surface area is 297 Å². The Hall–Kier alpha value is -3.30. The van der Waals surface area contributed by atoms with Crippen LogP contribution in [0.5, 0.6) is 0 Å². The number of nitrogens with one attached hydrogen (secondary N) is 2. The number of benzene rings is 2. The normalized spacial score (nSPS) is 26.6. The number of rotatable bonds is 4. The molecule has 2 aromatic rings. The third-order valence-electron chi connectivity index (χ3n) is 10.3. The van der Waals surface area contributed by atoms with E-state index in [-0.39, 0.29) is 23.3 Å². The van der Waals surface area contributed by atoms with Gasteiger partial charge >= 0.3 is 10.1 Å². The molecular formula is C39H53ClN2O6S. The molecule has 0 bridgehead atoms. The van der Waals surface area contributed by atoms with Crippen LogP contribution in [0.4, 0.5) is 0 Å². The van der Waals surface area contributed by atoms with Gasteiger partial charge in [0.25, 0.3) is 11.8 Å². The second-order valence-electron chi connectivity index (χ2n) is 14.6. The average molecular weight is 713 g/mol. The molecule has 8 nitrogen and oxygen atoms in total. The summed E-state index contributed by atoms with van der Waals surface area (Å²) in [4.78, 5) is 25.3. The van der Waals surface area contributed by atoms with Crippen molar-refractivity contribution < 1.29 is 27.3 Å². The molecule has 49 heavy (non-hydrogen) atoms. The van der Waals surface area contributed by atoms with Crippen molar-refractivity contribution in [2.45, 2.75) is 111 Å². The molecule has 2 amide bonds. The fourth-order valence-electron chi connectivity index (χ4n) is 7.37. The summed E-state index contributed by atoms with van der Waals surface area (Å²) in [6, 6.07) is 11.9. The van der Waals surface area contributed by atoms with Crippen LogP contribution in [-0.2, 0) is 23.9 Å². The highest BCUT2D eigenvalue weighted by Crippen LogP contribution is 2.46. The molecule has 2 fully saturated rings. The zero-order chi connectivity index (χ0) is 36.3. The quantitative estimate of drug-likeness (QED) is 0.218. The van der Waals surface area contributed by atoms with Crippen LogP contribution < -0.4 is 10.6 Å². The van der Waals surface area contributed by atoms with Gasteiger partial charge in [-0.2, -0.15) is 8.42 Å². The van der Waals surface area contributed by atoms with Gasteiger partial charge in [-0.15, -0.1) is 11.6 Å². The van der Waals surface area contributed by atoms with Crippen LogP contribution in [0.1, 0.15) is 106 Å². The van der Waals surface area contributed by atoms with Gasteiger partial charge in [0.15, 0.2) is 5.76 Å². The predicted octanol–water partition coefficient (Wildman–Crippen LogP) is 7.97. The van der Waals surface area contributed by atoms with E-state index in [0.29, 0.717) is 35.8 Å². The van der Waals surface area contributed by atoms with Crippen molar-refractivity contribution in [3.05, 3.63) is 81.3 Å². The van der Waals surface area contributed by atoms with E-state index in [2.05, 4.69) is 24.5 Å². The molecule has 3 N–H and O–H groups in total. The molecular weight excluding hydrogens is 660 g/mol. The Bertz CT molecular complexity index is 1750. The lowest BCUT2D eigenvalue weighted by atomic mass is 9.76. The van der Waals surface area contributed by atoms with Gasteiger partial charge in [-0.05, 0) is 113 Å². The number of aryl methyl sites for hydroxylation is 4. The smallest absolute Gasteiger partial charge is 0.306 e. The highest BCUT2D eigenvalue weighted by Gasteiger charge is 2.50. The number of carbonyl (C=O) groups is 2. The third kappa shape index (κ3) is 8.54. The number of alkyl halides is 1. The first-order chi connectivity index (χ1) is 23.0. The number of hydrogen-bond acceptors (Lipinski definition) is 6. The van der Waals surface area contributed by atoms with Crippen molar-refractivity contribution in [1.82, 2.24) is 10.6 Å². The van der Waals surface area contributed by atoms with Crippen LogP contribution in [0.25, 0.3) is 11.1 Å². The minimum Gasteiger partial charge on any atom is -0.509 e. The number of carbonyl (C=O) groups excluding carboxylic acids is 2. The minimum atomic E-state index is -3.73. The molecule has 268 valence electrons. The predicted molar refractivity (Wildman–Crippen MR) is 198 cm³/mol. The summed E-state index contributed by atoms with van der Waals surface area (Å²) in [6.45, 7) is 14.2. The van der Waals surface area contributed by atoms with E-state index >= 15 is 0 Å². The van der Waals surface area contributed by atoms with Gasteiger partial charge in [-0.25, -0.2) is 0 Å². The molecule has 0 unspecified atom stereocenters. The highest BCUT2D eigenvalue weighted by atomic mass is 35.5. The first-order valence-corrected chi connectivity index (χ1v) is 19.7. The average Bonchev–Trinajstić information content (AvgIpc) is 3.42. The van der Waals surface area contributed by atoms with Gasteiger partial charge in [-0.3, -0.25) is 9.59 Å². The molecule has 2 saturated carbocycles. The van der Waals surface area contributed by atoms with E-state index in [1.807, 2.05) is 71.0 Å². The maximum atomic E-state index is 12.8. The zero-order valence-corrected chi connectivity index (χ0v) is 31.8. The van der Waals surface area contributed by atoms with E-state index in [9.17, 15) is 23.1 Å². The lowest BCUT2D eigenvalue weighted by Gasteiger charge is -2.37. The van der Waals surface area contributed by atoms with Gasteiger partial charge in [0.2, 0.25) is 0 Å². The monoisotopic (exact) mass is 712 g/mol. The molecule has 2 aliphatic heterocycles. The lowest BCUT2D eigenvalue weighted by Crippen LogP contribution is -2.47. The Balaban J connectivity index is 0.000000207. The van der Waals surface area contributed by atoms with Crippen LogP contribution in [0.2, 0.25) is 0 Å². The fraction of sp³-hybridized carbons (Fsp3) is 0.538. The second-order valence-corrected chi connectivity index (χ2v) is 16.7. The summed E-state index contributed by atoms with van der Waals surface area (Å²) in [5, 5.41) is 16.9. The molecule has 0 saturated heterocycles. The fourth-order valence-corrected chi connectivity index (χ4v) is 7.91. The molecule has 0 radical (unpaired) electrons. The number of amides is 2. The third-order valence-corrected chi connectivity index (χ3v) is 10.8. The topological polar surface area (TPSA) is 122 Å². The van der Waals surface area contributed by atoms with Gasteiger partial charge in [-0.1, -0.05) is 68.3 Å². The Morgan fingerprint density at radius 1 is 0.776 bits per heavy atom. The minimum absolute atomic E-state index is 0.129. The SMILES string of the molecule is CCCl.Cc1ccc(C)c(C2=C(O)C3(CCC(C)CC3)NC2=O)c1.Cc1ccc(C)c(C2=C(OS(C)(=O)=O)C3(CCC(C)CC3)NC2=O)c1. The number of aliphatic hydroxyl groups excluding tert-OH is 1. The largest absolute Gasteiger partial charge is 0.509 e. The summed E-state index contributed by atoms with van der Waals surface area (Å²) in [7, 11) is -3.73. The van der Waals surface area contributed by atoms with E-state index < -0.39 is 21.2 Å². The van der Waals surface area contributed by atoms with Crippen molar-refractivity contribution in [2.75, 3.05) is 12.1 Å². The Morgan fingerprint density at radius 2 is 1.16 bits per heavy atom. The van der Waals surface area contributed by atoms with E-state index in [1.165, 1.54) is 0 Å². The molecule has 2 heterocycles. The highest BCUT2D eigenvalue weighted by molar-refractivity contribution is 7.86. The Morgan fingerprint density at radius 3 is 1.61 bits per heavy atom.